The van der Waals surface area contributed by atoms with Crippen LogP contribution in [0.5, 0.6) is 0 Å². The first-order valence-corrected chi connectivity index (χ1v) is 17.1. The minimum atomic E-state index is 0.629. The zero-order chi connectivity index (χ0) is 34.7. The van der Waals surface area contributed by atoms with Crippen molar-refractivity contribution in [1.29, 1.82) is 0 Å². The first kappa shape index (κ1) is 30.8. The number of hydrogen-bond donors (Lipinski definition) is 0. The Balaban J connectivity index is 1.13. The zero-order valence-corrected chi connectivity index (χ0v) is 28.0. The summed E-state index contributed by atoms with van der Waals surface area (Å²) in [6.45, 7) is 0. The van der Waals surface area contributed by atoms with Crippen LogP contribution in [0.25, 0.3) is 90.0 Å². The highest BCUT2D eigenvalue weighted by atomic mass is 15.0. The Morgan fingerprint density at radius 3 is 1.13 bits per heavy atom. The van der Waals surface area contributed by atoms with Gasteiger partial charge < -0.3 is 0 Å². The lowest BCUT2D eigenvalue weighted by molar-refractivity contribution is 1.07. The second-order valence-corrected chi connectivity index (χ2v) is 12.4. The molecule has 0 aliphatic carbocycles. The van der Waals surface area contributed by atoms with Crippen molar-refractivity contribution < 1.29 is 0 Å². The first-order chi connectivity index (χ1) is 25.8. The summed E-state index contributed by atoms with van der Waals surface area (Å²) < 4.78 is 0. The van der Waals surface area contributed by atoms with Gasteiger partial charge in [0.15, 0.2) is 17.5 Å². The van der Waals surface area contributed by atoms with Gasteiger partial charge in [-0.15, -0.1) is 0 Å². The van der Waals surface area contributed by atoms with E-state index in [0.717, 1.165) is 72.5 Å². The summed E-state index contributed by atoms with van der Waals surface area (Å²) in [6.07, 6.45) is 3.59. The molecule has 0 spiro atoms. The zero-order valence-electron chi connectivity index (χ0n) is 28.0. The van der Waals surface area contributed by atoms with Gasteiger partial charge in [0, 0.05) is 29.1 Å². The maximum Gasteiger partial charge on any atom is 0.164 e. The molecule has 0 fully saturated rings. The highest BCUT2D eigenvalue weighted by molar-refractivity contribution is 6.05. The number of benzene rings is 5. The van der Waals surface area contributed by atoms with Crippen LogP contribution in [0.3, 0.4) is 0 Å². The van der Waals surface area contributed by atoms with Crippen LogP contribution < -0.4 is 0 Å². The first-order valence-electron chi connectivity index (χ1n) is 17.1. The number of hydrogen-bond acceptors (Lipinski definition) is 6. The predicted molar refractivity (Wildman–Crippen MR) is 209 cm³/mol. The van der Waals surface area contributed by atoms with E-state index in [2.05, 4.69) is 82.8 Å². The molecule has 52 heavy (non-hydrogen) atoms. The molecule has 0 radical (unpaired) electrons. The van der Waals surface area contributed by atoms with Crippen molar-refractivity contribution in [2.24, 2.45) is 0 Å². The van der Waals surface area contributed by atoms with E-state index in [4.69, 9.17) is 19.9 Å². The lowest BCUT2D eigenvalue weighted by atomic mass is 9.91. The number of rotatable bonds is 7. The van der Waals surface area contributed by atoms with E-state index in [1.54, 1.807) is 12.4 Å². The molecule has 0 aliphatic rings. The molecule has 0 atom stereocenters. The normalized spacial score (nSPS) is 11.1. The van der Waals surface area contributed by atoms with Crippen LogP contribution in [-0.2, 0) is 0 Å². The summed E-state index contributed by atoms with van der Waals surface area (Å²) in [5.41, 5.74) is 10.4. The van der Waals surface area contributed by atoms with Crippen molar-refractivity contribution >= 4 is 10.8 Å². The Bertz CT molecular complexity index is 2530. The van der Waals surface area contributed by atoms with Gasteiger partial charge in [-0.1, -0.05) is 133 Å². The smallest absolute Gasteiger partial charge is 0.164 e. The van der Waals surface area contributed by atoms with Gasteiger partial charge >= 0.3 is 0 Å². The lowest BCUT2D eigenvalue weighted by Gasteiger charge is -2.14. The third-order valence-electron chi connectivity index (χ3n) is 9.07. The maximum absolute atomic E-state index is 4.98. The van der Waals surface area contributed by atoms with Crippen molar-refractivity contribution in [1.82, 2.24) is 29.9 Å². The molecule has 0 aliphatic heterocycles. The third-order valence-corrected chi connectivity index (χ3v) is 9.07. The summed E-state index contributed by atoms with van der Waals surface area (Å²) in [6, 6.07) is 57.5. The van der Waals surface area contributed by atoms with Crippen LogP contribution in [0, 0.1) is 0 Å². The molecule has 0 amide bonds. The maximum atomic E-state index is 4.98. The molecule has 0 N–H and O–H groups in total. The van der Waals surface area contributed by atoms with Gasteiger partial charge in [-0.2, -0.15) is 0 Å². The largest absolute Gasteiger partial charge is 0.255 e. The standard InChI is InChI=1S/C46H30N6/c1-3-13-32(14-4-1)44-50-45(33-15-5-2-6-16-33)52-46(51-44)34-23-21-31(22-24-34)36-25-26-37(39-18-8-7-17-38(36)39)35-29-42(40-19-9-11-27-47-40)49-43(30-35)41-20-10-12-28-48-41/h1-30H. The molecule has 244 valence electrons. The third kappa shape index (κ3) is 6.10. The van der Waals surface area contributed by atoms with E-state index in [-0.39, 0.29) is 0 Å². The molecular formula is C46H30N6. The molecule has 9 rings (SSSR count). The highest BCUT2D eigenvalue weighted by Gasteiger charge is 2.16. The van der Waals surface area contributed by atoms with Gasteiger partial charge in [0.25, 0.3) is 0 Å². The lowest BCUT2D eigenvalue weighted by Crippen LogP contribution is -2.00. The Morgan fingerprint density at radius 1 is 0.269 bits per heavy atom. The Kier molecular flexibility index (Phi) is 8.08. The summed E-state index contributed by atoms with van der Waals surface area (Å²) in [5.74, 6) is 1.91. The van der Waals surface area contributed by atoms with Crippen molar-refractivity contribution in [3.63, 3.8) is 0 Å². The summed E-state index contributed by atoms with van der Waals surface area (Å²) in [4.78, 5) is 28.9. The molecule has 6 heteroatoms. The van der Waals surface area contributed by atoms with Gasteiger partial charge in [0.05, 0.1) is 22.8 Å². The molecule has 0 saturated carbocycles. The Hall–Kier alpha value is -7.18. The number of fused-ring (bicyclic) bond motifs is 1. The fourth-order valence-electron chi connectivity index (χ4n) is 6.52. The number of pyridine rings is 3. The summed E-state index contributed by atoms with van der Waals surface area (Å²) in [5, 5.41) is 2.30. The molecule has 0 saturated heterocycles. The van der Waals surface area contributed by atoms with Crippen molar-refractivity contribution in [3.05, 3.63) is 182 Å². The van der Waals surface area contributed by atoms with Crippen LogP contribution in [0.4, 0.5) is 0 Å². The van der Waals surface area contributed by atoms with Crippen LogP contribution in [0.15, 0.2) is 182 Å². The number of nitrogens with zero attached hydrogens (tertiary/aromatic N) is 6. The minimum Gasteiger partial charge on any atom is -0.255 e. The molecule has 0 unspecified atom stereocenters. The van der Waals surface area contributed by atoms with E-state index in [1.165, 1.54) is 0 Å². The molecule has 6 nitrogen and oxygen atoms in total. The second kappa shape index (κ2) is 13.6. The van der Waals surface area contributed by atoms with Gasteiger partial charge in [-0.25, -0.2) is 19.9 Å². The van der Waals surface area contributed by atoms with E-state index in [1.807, 2.05) is 97.1 Å². The molecular weight excluding hydrogens is 637 g/mol. The van der Waals surface area contributed by atoms with E-state index in [0.29, 0.717) is 17.5 Å². The Labute approximate surface area is 301 Å². The van der Waals surface area contributed by atoms with Crippen molar-refractivity contribution in [2.45, 2.75) is 0 Å². The topological polar surface area (TPSA) is 77.3 Å². The SMILES string of the molecule is c1ccc(-c2nc(-c3ccccc3)nc(-c3ccc(-c4ccc(-c5cc(-c6ccccn6)nc(-c6ccccn6)c5)c5ccccc45)cc3)n2)cc1. The van der Waals surface area contributed by atoms with Gasteiger partial charge in [-0.3, -0.25) is 9.97 Å². The van der Waals surface area contributed by atoms with Crippen LogP contribution in [0.2, 0.25) is 0 Å². The molecule has 5 aromatic carbocycles. The Morgan fingerprint density at radius 2 is 0.673 bits per heavy atom. The van der Waals surface area contributed by atoms with Crippen molar-refractivity contribution in [3.8, 4) is 79.2 Å². The van der Waals surface area contributed by atoms with Crippen LogP contribution >= 0.6 is 0 Å². The average molecular weight is 667 g/mol. The van der Waals surface area contributed by atoms with E-state index in [9.17, 15) is 0 Å². The molecule has 9 aromatic rings. The second-order valence-electron chi connectivity index (χ2n) is 12.4. The average Bonchev–Trinajstić information content (AvgIpc) is 3.24. The van der Waals surface area contributed by atoms with E-state index < -0.39 is 0 Å². The van der Waals surface area contributed by atoms with Crippen LogP contribution in [0.1, 0.15) is 0 Å². The summed E-state index contributed by atoms with van der Waals surface area (Å²) in [7, 11) is 0. The summed E-state index contributed by atoms with van der Waals surface area (Å²) >= 11 is 0. The quantitative estimate of drug-likeness (QED) is 0.168. The predicted octanol–water partition coefficient (Wildman–Crippen LogP) is 10.9. The van der Waals surface area contributed by atoms with Crippen molar-refractivity contribution in [2.75, 3.05) is 0 Å². The highest BCUT2D eigenvalue weighted by Crippen LogP contribution is 2.38. The van der Waals surface area contributed by atoms with Gasteiger partial charge in [0.2, 0.25) is 0 Å². The number of aromatic nitrogens is 6. The monoisotopic (exact) mass is 666 g/mol. The minimum absolute atomic E-state index is 0.629. The molecule has 4 aromatic heterocycles. The fraction of sp³-hybridized carbons (Fsp3) is 0. The molecule has 4 heterocycles. The van der Waals surface area contributed by atoms with Gasteiger partial charge in [-0.05, 0) is 69.4 Å². The van der Waals surface area contributed by atoms with Crippen LogP contribution in [-0.4, -0.2) is 29.9 Å². The van der Waals surface area contributed by atoms with E-state index >= 15 is 0 Å². The van der Waals surface area contributed by atoms with Gasteiger partial charge in [0.1, 0.15) is 0 Å². The molecule has 0 bridgehead atoms. The fourth-order valence-corrected chi connectivity index (χ4v) is 6.52.